The summed E-state index contributed by atoms with van der Waals surface area (Å²) in [6.07, 6.45) is -1.53. The molecule has 0 aromatic heterocycles. The number of benzene rings is 1. The molecule has 0 bridgehead atoms. The molecule has 7 heteroatoms. The van der Waals surface area contributed by atoms with E-state index in [4.69, 9.17) is 11.1 Å². The third-order valence-electron chi connectivity index (χ3n) is 3.39. The zero-order valence-corrected chi connectivity index (χ0v) is 13.1. The van der Waals surface area contributed by atoms with Crippen molar-refractivity contribution in [1.82, 2.24) is 0 Å². The summed E-state index contributed by atoms with van der Waals surface area (Å²) in [4.78, 5) is 1.87. The Bertz CT molecular complexity index is 503. The van der Waals surface area contributed by atoms with Crippen molar-refractivity contribution in [3.05, 3.63) is 29.3 Å². The van der Waals surface area contributed by atoms with Gasteiger partial charge < -0.3 is 10.6 Å². The van der Waals surface area contributed by atoms with Crippen LogP contribution in [0.1, 0.15) is 24.5 Å². The summed E-state index contributed by atoms with van der Waals surface area (Å²) in [6, 6.07) is 3.50. The summed E-state index contributed by atoms with van der Waals surface area (Å²) in [6.45, 7) is 2.00. The summed E-state index contributed by atoms with van der Waals surface area (Å²) in [7, 11) is 1.81. The van der Waals surface area contributed by atoms with E-state index in [0.717, 1.165) is 24.3 Å². The molecule has 0 amide bonds. The number of nitrogens with zero attached hydrogens (tertiary/aromatic N) is 1. The Kier molecular flexibility index (Phi) is 5.95. The minimum absolute atomic E-state index is 0.114. The number of nitrogens with two attached hydrogens (primary N) is 1. The van der Waals surface area contributed by atoms with E-state index in [1.165, 1.54) is 6.07 Å². The van der Waals surface area contributed by atoms with Crippen LogP contribution < -0.4 is 10.6 Å². The molecule has 1 aromatic carbocycles. The molecule has 1 rings (SSSR count). The molecule has 21 heavy (non-hydrogen) atoms. The third-order valence-corrected chi connectivity index (χ3v) is 4.04. The first kappa shape index (κ1) is 17.7. The largest absolute Gasteiger partial charge is 0.416 e. The number of hydrogen-bond acceptors (Lipinski definition) is 3. The first-order valence-electron chi connectivity index (χ1n) is 6.46. The molecular weight excluding hydrogens is 299 g/mol. The van der Waals surface area contributed by atoms with Gasteiger partial charge in [-0.15, -0.1) is 0 Å². The van der Waals surface area contributed by atoms with E-state index in [1.807, 2.05) is 18.1 Å². The van der Waals surface area contributed by atoms with Gasteiger partial charge in [-0.1, -0.05) is 0 Å². The molecular formula is C14H20F3N3S. The summed E-state index contributed by atoms with van der Waals surface area (Å²) >= 11 is 1.72. The molecule has 3 nitrogen and oxygen atoms in total. The molecule has 118 valence electrons. The van der Waals surface area contributed by atoms with Crippen LogP contribution in [0.2, 0.25) is 0 Å². The average Bonchev–Trinajstić information content (AvgIpc) is 2.42. The zero-order valence-electron chi connectivity index (χ0n) is 12.3. The minimum atomic E-state index is -4.44. The minimum Gasteiger partial charge on any atom is -0.384 e. The lowest BCUT2D eigenvalue weighted by atomic mass is 10.0. The van der Waals surface area contributed by atoms with E-state index < -0.39 is 11.7 Å². The second kappa shape index (κ2) is 7.06. The second-order valence-electron chi connectivity index (χ2n) is 4.88. The van der Waals surface area contributed by atoms with Crippen LogP contribution in [0, 0.1) is 5.41 Å². The van der Waals surface area contributed by atoms with Gasteiger partial charge in [0.15, 0.2) is 0 Å². The fraction of sp³-hybridized carbons (Fsp3) is 0.500. The standard InChI is InChI=1S/C14H20F3N3S/c1-9(6-7-21-3)20(2)12-5-4-10(14(15,16)17)8-11(12)13(18)19/h4-5,8-9H,6-7H2,1-3H3,(H3,18,19). The van der Waals surface area contributed by atoms with Gasteiger partial charge in [0.25, 0.3) is 0 Å². The van der Waals surface area contributed by atoms with Crippen LogP contribution in [0.3, 0.4) is 0 Å². The topological polar surface area (TPSA) is 53.1 Å². The molecule has 3 N–H and O–H groups in total. The summed E-state index contributed by atoms with van der Waals surface area (Å²) < 4.78 is 38.3. The summed E-state index contributed by atoms with van der Waals surface area (Å²) in [5.41, 5.74) is 5.32. The average molecular weight is 319 g/mol. The molecule has 0 aliphatic carbocycles. The molecule has 0 fully saturated rings. The maximum Gasteiger partial charge on any atom is 0.416 e. The van der Waals surface area contributed by atoms with Crippen molar-refractivity contribution in [1.29, 1.82) is 5.41 Å². The van der Waals surface area contributed by atoms with Gasteiger partial charge in [0.05, 0.1) is 5.56 Å². The van der Waals surface area contributed by atoms with Gasteiger partial charge in [-0.3, -0.25) is 5.41 Å². The van der Waals surface area contributed by atoms with Crippen LogP contribution in [-0.4, -0.2) is 30.9 Å². The van der Waals surface area contributed by atoms with Gasteiger partial charge in [0, 0.05) is 24.3 Å². The van der Waals surface area contributed by atoms with Crippen LogP contribution >= 0.6 is 11.8 Å². The van der Waals surface area contributed by atoms with Crippen LogP contribution in [0.25, 0.3) is 0 Å². The van der Waals surface area contributed by atoms with Crippen molar-refractivity contribution >= 4 is 23.3 Å². The Hall–Kier alpha value is -1.37. The molecule has 0 aliphatic heterocycles. The van der Waals surface area contributed by atoms with Crippen LogP contribution in [0.4, 0.5) is 18.9 Å². The number of nitrogen functional groups attached to an aromatic ring is 1. The highest BCUT2D eigenvalue weighted by Crippen LogP contribution is 2.33. The molecule has 0 heterocycles. The molecule has 0 radical (unpaired) electrons. The summed E-state index contributed by atoms with van der Waals surface area (Å²) in [5, 5.41) is 7.53. The highest BCUT2D eigenvalue weighted by molar-refractivity contribution is 7.98. The molecule has 0 spiro atoms. The van der Waals surface area contributed by atoms with Crippen LogP contribution in [0.15, 0.2) is 18.2 Å². The highest BCUT2D eigenvalue weighted by atomic mass is 32.2. The third kappa shape index (κ3) is 4.56. The quantitative estimate of drug-likeness (QED) is 0.622. The van der Waals surface area contributed by atoms with E-state index in [9.17, 15) is 13.2 Å². The van der Waals surface area contributed by atoms with Gasteiger partial charge in [-0.25, -0.2) is 0 Å². The molecule has 0 saturated heterocycles. The maximum absolute atomic E-state index is 12.8. The van der Waals surface area contributed by atoms with E-state index in [2.05, 4.69) is 0 Å². The predicted molar refractivity (Wildman–Crippen MR) is 83.3 cm³/mol. The fourth-order valence-electron chi connectivity index (χ4n) is 1.96. The number of hydrogen-bond donors (Lipinski definition) is 2. The van der Waals surface area contributed by atoms with Crippen molar-refractivity contribution in [3.63, 3.8) is 0 Å². The Morgan fingerprint density at radius 2 is 2.05 bits per heavy atom. The number of anilines is 1. The second-order valence-corrected chi connectivity index (χ2v) is 5.87. The first-order valence-corrected chi connectivity index (χ1v) is 7.85. The molecule has 1 atom stereocenters. The van der Waals surface area contributed by atoms with Gasteiger partial charge in [0.1, 0.15) is 5.84 Å². The van der Waals surface area contributed by atoms with Crippen molar-refractivity contribution in [2.75, 3.05) is 24.0 Å². The number of nitrogens with one attached hydrogen (secondary N) is 1. The lowest BCUT2D eigenvalue weighted by Gasteiger charge is -2.29. The lowest BCUT2D eigenvalue weighted by molar-refractivity contribution is -0.137. The number of thioether (sulfide) groups is 1. The van der Waals surface area contributed by atoms with Gasteiger partial charge in [-0.05, 0) is 43.6 Å². The number of amidine groups is 1. The van der Waals surface area contributed by atoms with Crippen LogP contribution in [0.5, 0.6) is 0 Å². The Balaban J connectivity index is 3.15. The number of rotatable bonds is 6. The van der Waals surface area contributed by atoms with E-state index >= 15 is 0 Å². The first-order chi connectivity index (χ1) is 9.68. The Morgan fingerprint density at radius 3 is 2.52 bits per heavy atom. The van der Waals surface area contributed by atoms with Crippen molar-refractivity contribution in [3.8, 4) is 0 Å². The van der Waals surface area contributed by atoms with Gasteiger partial charge in [-0.2, -0.15) is 24.9 Å². The van der Waals surface area contributed by atoms with Crippen molar-refractivity contribution < 1.29 is 13.2 Å². The molecule has 0 saturated carbocycles. The number of halogens is 3. The SMILES string of the molecule is CSCCC(C)N(C)c1ccc(C(F)(F)F)cc1C(=N)N. The van der Waals surface area contributed by atoms with E-state index in [0.29, 0.717) is 5.69 Å². The lowest BCUT2D eigenvalue weighted by Crippen LogP contribution is -2.31. The predicted octanol–water partition coefficient (Wildman–Crippen LogP) is 3.57. The highest BCUT2D eigenvalue weighted by Gasteiger charge is 2.31. The Morgan fingerprint density at radius 1 is 1.43 bits per heavy atom. The molecule has 1 unspecified atom stereocenters. The monoisotopic (exact) mass is 319 g/mol. The van der Waals surface area contributed by atoms with E-state index in [1.54, 1.807) is 18.8 Å². The molecule has 0 aliphatic rings. The normalized spacial score (nSPS) is 13.0. The van der Waals surface area contributed by atoms with Gasteiger partial charge in [0.2, 0.25) is 0 Å². The number of alkyl halides is 3. The molecule has 1 aromatic rings. The van der Waals surface area contributed by atoms with E-state index in [-0.39, 0.29) is 17.4 Å². The van der Waals surface area contributed by atoms with Crippen molar-refractivity contribution in [2.45, 2.75) is 25.6 Å². The zero-order chi connectivity index (χ0) is 16.2. The fourth-order valence-corrected chi connectivity index (χ4v) is 2.53. The van der Waals surface area contributed by atoms with Gasteiger partial charge >= 0.3 is 6.18 Å². The van der Waals surface area contributed by atoms with Crippen molar-refractivity contribution in [2.24, 2.45) is 5.73 Å². The maximum atomic E-state index is 12.8. The smallest absolute Gasteiger partial charge is 0.384 e. The van der Waals surface area contributed by atoms with Crippen LogP contribution in [-0.2, 0) is 6.18 Å². The summed E-state index contributed by atoms with van der Waals surface area (Å²) in [5.74, 6) is 0.599. The Labute approximate surface area is 127 Å².